The third kappa shape index (κ3) is 5.38. The maximum Gasteiger partial charge on any atom is 0.0432 e. The lowest BCUT2D eigenvalue weighted by atomic mass is 9.86. The molecular weight excluding hydrogens is 354 g/mol. The molecule has 2 N–H and O–H groups in total. The number of rotatable bonds is 8. The molecule has 1 aliphatic rings. The number of benzene rings is 2. The van der Waals surface area contributed by atoms with Crippen molar-refractivity contribution in [2.75, 3.05) is 25.5 Å². The summed E-state index contributed by atoms with van der Waals surface area (Å²) in [4.78, 5) is 2.44. The normalized spacial score (nSPS) is 14.5. The van der Waals surface area contributed by atoms with E-state index in [1.54, 1.807) is 0 Å². The molecule has 3 nitrogen and oxygen atoms in total. The monoisotopic (exact) mass is 387 g/mol. The van der Waals surface area contributed by atoms with Gasteiger partial charge in [0.05, 0.1) is 0 Å². The molecule has 152 valence electrons. The molecule has 2 aromatic carbocycles. The fraction of sp³-hybridized carbons (Fsp3) is 0.346. The van der Waals surface area contributed by atoms with E-state index in [-0.39, 0.29) is 0 Å². The highest BCUT2D eigenvalue weighted by atomic mass is 15.1. The van der Waals surface area contributed by atoms with Crippen LogP contribution in [0.25, 0.3) is 0 Å². The van der Waals surface area contributed by atoms with Gasteiger partial charge in [-0.1, -0.05) is 61.2 Å². The minimum absolute atomic E-state index is 0.568. The number of hydrogen-bond acceptors (Lipinski definition) is 3. The van der Waals surface area contributed by atoms with Crippen molar-refractivity contribution in [1.82, 2.24) is 4.90 Å². The van der Waals surface area contributed by atoms with Crippen molar-refractivity contribution >= 4 is 11.4 Å². The Hall–Kier alpha value is -2.81. The maximum atomic E-state index is 7.91. The highest BCUT2D eigenvalue weighted by Crippen LogP contribution is 2.29. The summed E-state index contributed by atoms with van der Waals surface area (Å²) in [5.41, 5.74) is 7.70. The zero-order valence-electron chi connectivity index (χ0n) is 17.8. The fourth-order valence-corrected chi connectivity index (χ4v) is 4.19. The van der Waals surface area contributed by atoms with Crippen LogP contribution < -0.4 is 5.32 Å². The van der Waals surface area contributed by atoms with Gasteiger partial charge < -0.3 is 15.6 Å². The third-order valence-electron chi connectivity index (χ3n) is 5.96. The highest BCUT2D eigenvalue weighted by molar-refractivity contribution is 6.01. The molecule has 1 aliphatic heterocycles. The Balaban J connectivity index is 1.53. The van der Waals surface area contributed by atoms with E-state index in [4.69, 9.17) is 5.41 Å². The molecule has 29 heavy (non-hydrogen) atoms. The van der Waals surface area contributed by atoms with Crippen molar-refractivity contribution in [3.05, 3.63) is 89.6 Å². The van der Waals surface area contributed by atoms with E-state index in [1.165, 1.54) is 22.4 Å². The largest absolute Gasteiger partial charge is 0.388 e. The molecule has 0 spiro atoms. The average Bonchev–Trinajstić information content (AvgIpc) is 2.74. The van der Waals surface area contributed by atoms with Crippen LogP contribution in [0, 0.1) is 11.3 Å². The molecular formula is C26H33N3. The van der Waals surface area contributed by atoms with Gasteiger partial charge in [0.15, 0.2) is 0 Å². The molecule has 1 saturated heterocycles. The van der Waals surface area contributed by atoms with Crippen molar-refractivity contribution in [2.24, 2.45) is 5.92 Å². The number of nitrogens with zero attached hydrogens (tertiary/aromatic N) is 1. The van der Waals surface area contributed by atoms with Gasteiger partial charge in [-0.15, -0.1) is 0 Å². The zero-order valence-corrected chi connectivity index (χ0v) is 17.8. The Morgan fingerprint density at radius 1 is 1.03 bits per heavy atom. The van der Waals surface area contributed by atoms with Crippen LogP contribution in [0.1, 0.15) is 36.5 Å². The van der Waals surface area contributed by atoms with Crippen LogP contribution in [0.15, 0.2) is 73.0 Å². The second-order valence-electron chi connectivity index (χ2n) is 8.08. The van der Waals surface area contributed by atoms with E-state index in [0.717, 1.165) is 50.0 Å². The van der Waals surface area contributed by atoms with Gasteiger partial charge in [-0.3, -0.25) is 0 Å². The Bertz CT molecular complexity index is 874. The van der Waals surface area contributed by atoms with E-state index in [1.807, 2.05) is 20.0 Å². The van der Waals surface area contributed by atoms with Crippen LogP contribution in [-0.4, -0.2) is 30.7 Å². The van der Waals surface area contributed by atoms with Crippen LogP contribution in [0.4, 0.5) is 5.69 Å². The van der Waals surface area contributed by atoms with E-state index in [0.29, 0.717) is 11.6 Å². The highest BCUT2D eigenvalue weighted by Gasteiger charge is 2.22. The Morgan fingerprint density at radius 3 is 2.34 bits per heavy atom. The summed E-state index contributed by atoms with van der Waals surface area (Å²) < 4.78 is 0. The van der Waals surface area contributed by atoms with Crippen molar-refractivity contribution < 1.29 is 0 Å². The summed E-state index contributed by atoms with van der Waals surface area (Å²) in [7, 11) is 1.92. The first-order chi connectivity index (χ1) is 14.0. The van der Waals surface area contributed by atoms with E-state index >= 15 is 0 Å². The molecule has 1 fully saturated rings. The van der Waals surface area contributed by atoms with Crippen LogP contribution >= 0.6 is 0 Å². The number of allylic oxidation sites excluding steroid dienone is 2. The maximum absolute atomic E-state index is 7.91. The topological polar surface area (TPSA) is 39.1 Å². The number of anilines is 1. The molecule has 0 aliphatic carbocycles. The lowest BCUT2D eigenvalue weighted by Crippen LogP contribution is -2.34. The van der Waals surface area contributed by atoms with E-state index in [9.17, 15) is 0 Å². The summed E-state index contributed by atoms with van der Waals surface area (Å²) >= 11 is 0. The van der Waals surface area contributed by atoms with Crippen LogP contribution in [0.3, 0.4) is 0 Å². The lowest BCUT2D eigenvalue weighted by Gasteiger charge is -2.35. The summed E-state index contributed by atoms with van der Waals surface area (Å²) in [5, 5.41) is 11.1. The predicted molar refractivity (Wildman–Crippen MR) is 125 cm³/mol. The predicted octanol–water partition coefficient (Wildman–Crippen LogP) is 5.68. The second kappa shape index (κ2) is 9.60. The van der Waals surface area contributed by atoms with Gasteiger partial charge in [0.25, 0.3) is 0 Å². The van der Waals surface area contributed by atoms with Crippen LogP contribution in [0.5, 0.6) is 0 Å². The zero-order chi connectivity index (χ0) is 20.8. The van der Waals surface area contributed by atoms with Crippen molar-refractivity contribution in [3.8, 4) is 0 Å². The molecule has 3 rings (SSSR count). The molecule has 0 bridgehead atoms. The summed E-state index contributed by atoms with van der Waals surface area (Å²) in [5.74, 6) is 0.568. The fourth-order valence-electron chi connectivity index (χ4n) is 4.19. The van der Waals surface area contributed by atoms with E-state index in [2.05, 4.69) is 65.8 Å². The number of likely N-dealkylation sites (tertiary alicyclic amines) is 1. The Labute approximate surface area is 175 Å². The average molecular weight is 388 g/mol. The van der Waals surface area contributed by atoms with Gasteiger partial charge in [0.2, 0.25) is 0 Å². The van der Waals surface area contributed by atoms with Crippen LogP contribution in [-0.2, 0) is 12.8 Å². The van der Waals surface area contributed by atoms with Gasteiger partial charge in [0.1, 0.15) is 0 Å². The van der Waals surface area contributed by atoms with Gasteiger partial charge in [-0.2, -0.15) is 0 Å². The standard InChI is InChI=1S/C26H33N3/c1-19(16-23-10-11-25(21(3)27)26(18-23)28-4)24-12-14-29(15-13-24)20(2)17-22-8-6-5-7-9-22/h5-11,18,24,27-28H,1-2,12-17H2,3-4H3. The minimum Gasteiger partial charge on any atom is -0.388 e. The third-order valence-corrected chi connectivity index (χ3v) is 5.96. The molecule has 0 amide bonds. The summed E-state index contributed by atoms with van der Waals surface area (Å²) in [6, 6.07) is 16.9. The van der Waals surface area contributed by atoms with E-state index < -0.39 is 0 Å². The molecule has 0 saturated carbocycles. The number of hydrogen-bond donors (Lipinski definition) is 2. The minimum atomic E-state index is 0.568. The van der Waals surface area contributed by atoms with Crippen LogP contribution in [0.2, 0.25) is 0 Å². The van der Waals surface area contributed by atoms with Crippen molar-refractivity contribution in [2.45, 2.75) is 32.6 Å². The van der Waals surface area contributed by atoms with Gasteiger partial charge >= 0.3 is 0 Å². The molecule has 0 atom stereocenters. The Morgan fingerprint density at radius 2 is 1.72 bits per heavy atom. The lowest BCUT2D eigenvalue weighted by molar-refractivity contribution is 0.241. The molecule has 2 aromatic rings. The van der Waals surface area contributed by atoms with Crippen molar-refractivity contribution in [1.29, 1.82) is 5.41 Å². The molecule has 3 heteroatoms. The molecule has 1 heterocycles. The summed E-state index contributed by atoms with van der Waals surface area (Å²) in [6.45, 7) is 12.7. The first-order valence-electron chi connectivity index (χ1n) is 10.5. The number of nitrogens with one attached hydrogen (secondary N) is 2. The van der Waals surface area contributed by atoms with Gasteiger partial charge in [-0.25, -0.2) is 0 Å². The van der Waals surface area contributed by atoms with Gasteiger partial charge in [-0.05, 0) is 49.3 Å². The molecule has 0 radical (unpaired) electrons. The molecule has 0 unspecified atom stereocenters. The molecule has 0 aromatic heterocycles. The quantitative estimate of drug-likeness (QED) is 0.451. The smallest absolute Gasteiger partial charge is 0.0432 e. The SMILES string of the molecule is C=C(Cc1ccc(C(C)=N)c(NC)c1)C1CCN(C(=C)Cc2ccccc2)CC1. The van der Waals surface area contributed by atoms with Crippen molar-refractivity contribution in [3.63, 3.8) is 0 Å². The number of piperidine rings is 1. The first-order valence-corrected chi connectivity index (χ1v) is 10.5. The first kappa shape index (κ1) is 20.9. The Kier molecular flexibility index (Phi) is 6.92. The summed E-state index contributed by atoms with van der Waals surface area (Å²) in [6.07, 6.45) is 4.12. The second-order valence-corrected chi connectivity index (χ2v) is 8.08. The van der Waals surface area contributed by atoms with Gasteiger partial charge in [0, 0.05) is 49.2 Å².